The summed E-state index contributed by atoms with van der Waals surface area (Å²) >= 11 is 0. The lowest BCUT2D eigenvalue weighted by molar-refractivity contribution is 0.572. The number of unbranched alkanes of at least 4 members (excludes halogenated alkanes) is 30. The molecule has 1 aliphatic heterocycles. The van der Waals surface area contributed by atoms with Crippen molar-refractivity contribution in [3.05, 3.63) is 36.4 Å². The van der Waals surface area contributed by atoms with Gasteiger partial charge in [-0.2, -0.15) is 0 Å². The number of hydrogen-bond donors (Lipinski definition) is 2. The van der Waals surface area contributed by atoms with Crippen LogP contribution in [0.25, 0.3) is 66.9 Å². The van der Waals surface area contributed by atoms with Crippen LogP contribution >= 0.6 is 0 Å². The third-order valence-corrected chi connectivity index (χ3v) is 30.1. The zero-order valence-corrected chi connectivity index (χ0v) is 63.2. The maximum atomic E-state index is 14.9. The number of rotatable bonds is 48. The lowest BCUT2D eigenvalue weighted by atomic mass is 10.1. The van der Waals surface area contributed by atoms with Crippen molar-refractivity contribution in [1.82, 2.24) is 29.9 Å². The molecular formula is C72H110N6O12S6. The molecule has 96 heavy (non-hydrogen) atoms. The van der Waals surface area contributed by atoms with Gasteiger partial charge in [-0.25, -0.2) is 70.4 Å². The minimum Gasteiger partial charge on any atom is -0.324 e. The monoisotopic (exact) mass is 1440 g/mol. The number of aromatic amines is 2. The van der Waals surface area contributed by atoms with E-state index in [0.29, 0.717) is 38.5 Å². The Balaban J connectivity index is 1.60. The molecule has 6 bridgehead atoms. The van der Waals surface area contributed by atoms with Crippen LogP contribution in [0.15, 0.2) is 65.8 Å². The molecule has 1 aliphatic rings. The first kappa shape index (κ1) is 78.7. The van der Waals surface area contributed by atoms with Crippen molar-refractivity contribution in [3.8, 4) is 22.8 Å². The van der Waals surface area contributed by atoms with E-state index in [2.05, 4.69) is 51.5 Å². The molecule has 0 unspecified atom stereocenters. The van der Waals surface area contributed by atoms with E-state index in [1.54, 1.807) is 0 Å². The molecule has 3 aromatic carbocycles. The summed E-state index contributed by atoms with van der Waals surface area (Å²) in [6.45, 7) is 12.5. The molecule has 536 valence electrons. The normalized spacial score (nSPS) is 13.1. The van der Waals surface area contributed by atoms with Gasteiger partial charge in [0.25, 0.3) is 0 Å². The smallest absolute Gasteiger partial charge is 0.179 e. The number of nitrogens with zero attached hydrogens (tertiary/aromatic N) is 4. The Labute approximate surface area is 575 Å². The predicted molar refractivity (Wildman–Crippen MR) is 391 cm³/mol. The Kier molecular flexibility index (Phi) is 30.5. The summed E-state index contributed by atoms with van der Waals surface area (Å²) in [6.07, 6.45) is 27.7. The SMILES string of the molecule is CCCCCCCCS(=O)(=O)c1cc2c(cc1S(=O)(=O)CCCCCCCC)-c1nc-2nc2[nH]c(nc3[nH]c(n1)c1cc(S(=O)(=O)CCCCCCCC)c(S(=O)(=O)CCCCCCCC)cc31)c1cc(S(=O)(=O)CCCCCCCC)c(S(=O)(=O)CCCCCCCC)cc21. The number of fused-ring (bicyclic) bond motifs is 15. The third kappa shape index (κ3) is 21.2. The fourth-order valence-corrected chi connectivity index (χ4v) is 24.0. The molecule has 0 spiro atoms. The van der Waals surface area contributed by atoms with Gasteiger partial charge in [0.05, 0.1) is 63.9 Å². The molecule has 3 aromatic heterocycles. The van der Waals surface area contributed by atoms with Crippen LogP contribution in [0.1, 0.15) is 273 Å². The molecule has 0 fully saturated rings. The van der Waals surface area contributed by atoms with Gasteiger partial charge in [0.15, 0.2) is 70.7 Å². The summed E-state index contributed by atoms with van der Waals surface area (Å²) in [5.74, 6) is -2.32. The maximum absolute atomic E-state index is 14.9. The van der Waals surface area contributed by atoms with Crippen molar-refractivity contribution in [3.63, 3.8) is 0 Å². The second-order valence-electron chi connectivity index (χ2n) is 26.8. The van der Waals surface area contributed by atoms with Crippen molar-refractivity contribution < 1.29 is 50.5 Å². The highest BCUT2D eigenvalue weighted by Gasteiger charge is 2.35. The van der Waals surface area contributed by atoms with Crippen LogP contribution in [-0.2, 0) is 59.0 Å². The van der Waals surface area contributed by atoms with Gasteiger partial charge < -0.3 is 9.97 Å². The van der Waals surface area contributed by atoms with Gasteiger partial charge in [-0.1, -0.05) is 234 Å². The van der Waals surface area contributed by atoms with Crippen LogP contribution in [0.3, 0.4) is 0 Å². The number of aromatic nitrogens is 6. The van der Waals surface area contributed by atoms with Crippen LogP contribution in [0, 0.1) is 0 Å². The molecule has 6 aromatic rings. The summed E-state index contributed by atoms with van der Waals surface area (Å²) < 4.78 is 179. The highest BCUT2D eigenvalue weighted by atomic mass is 32.2. The first-order valence-corrected chi connectivity index (χ1v) is 46.4. The second kappa shape index (κ2) is 37.2. The summed E-state index contributed by atoms with van der Waals surface area (Å²) in [6, 6.07) is 7.78. The van der Waals surface area contributed by atoms with Crippen molar-refractivity contribution in [2.45, 2.75) is 302 Å². The summed E-state index contributed by atoms with van der Waals surface area (Å²) in [4.78, 5) is 24.1. The minimum absolute atomic E-state index is 0.0347. The molecule has 18 nitrogen and oxygen atoms in total. The highest BCUT2D eigenvalue weighted by Crippen LogP contribution is 2.42. The van der Waals surface area contributed by atoms with Gasteiger partial charge >= 0.3 is 0 Å². The molecule has 2 N–H and O–H groups in total. The van der Waals surface area contributed by atoms with Gasteiger partial charge in [0.2, 0.25) is 0 Å². The van der Waals surface area contributed by atoms with Crippen molar-refractivity contribution in [2.24, 2.45) is 0 Å². The Hall–Kier alpha value is -4.62. The summed E-state index contributed by atoms with van der Waals surface area (Å²) in [7, 11) is -26.1. The number of nitrogens with one attached hydrogen (secondary N) is 2. The summed E-state index contributed by atoms with van der Waals surface area (Å²) in [5.41, 5.74) is -0.0259. The number of sulfone groups is 6. The Morgan fingerprint density at radius 3 is 0.615 bits per heavy atom. The topological polar surface area (TPSA) is 288 Å². The van der Waals surface area contributed by atoms with E-state index in [1.165, 1.54) is 36.4 Å². The average molecular weight is 1440 g/mol. The quantitative estimate of drug-likeness (QED) is 0.0335. The first-order chi connectivity index (χ1) is 45.9. The zero-order valence-electron chi connectivity index (χ0n) is 58.3. The maximum Gasteiger partial charge on any atom is 0.179 e. The van der Waals surface area contributed by atoms with Gasteiger partial charge in [0.1, 0.15) is 22.6 Å². The highest BCUT2D eigenvalue weighted by molar-refractivity contribution is 7.95. The zero-order chi connectivity index (χ0) is 69.6. The fraction of sp³-hybridized carbons (Fsp3) is 0.667. The van der Waals surface area contributed by atoms with E-state index >= 15 is 0 Å². The number of benzene rings is 3. The Bertz CT molecular complexity index is 4080. The Morgan fingerprint density at radius 1 is 0.229 bits per heavy atom. The van der Waals surface area contributed by atoms with E-state index in [9.17, 15) is 50.5 Å². The standard InChI is InChI=1S/C72H110N6O12S6/c1-7-13-19-25-31-37-43-91(79,80)61-49-55-56(50-62(61)92(81,82)44-38-32-26-20-14-8-2)68-73-67(55)76-69-57-51-63(93(83,84)45-39-33-27-21-15-9-3)64(94(85,86)46-40-34-28-22-16-10-4)52-58(57)71(74-69)78-72-60-54-66(96(89,90)48-42-36-30-24-18-12-6)65(53-59(60)70(75-72)77-68)95(87,88)47-41-35-29-23-17-11-5/h49-54H,7-48H2,1-6H3,(H2,73,74,75,76,77,78). The third-order valence-electron chi connectivity index (χ3n) is 18.7. The lowest BCUT2D eigenvalue weighted by Crippen LogP contribution is -2.16. The summed E-state index contributed by atoms with van der Waals surface area (Å²) in [5, 5.41) is 0.450. The lowest BCUT2D eigenvalue weighted by Gasteiger charge is -2.14. The molecule has 0 radical (unpaired) electrons. The van der Waals surface area contributed by atoms with Gasteiger partial charge in [0, 0.05) is 32.7 Å². The second-order valence-corrected chi connectivity index (χ2v) is 39.3. The number of hydrogen-bond acceptors (Lipinski definition) is 16. The van der Waals surface area contributed by atoms with Crippen LogP contribution < -0.4 is 0 Å². The minimum atomic E-state index is -4.35. The molecule has 4 heterocycles. The van der Waals surface area contributed by atoms with Crippen LogP contribution in [0.2, 0.25) is 0 Å². The van der Waals surface area contributed by atoms with Crippen molar-refractivity contribution in [1.29, 1.82) is 0 Å². The Morgan fingerprint density at radius 2 is 0.406 bits per heavy atom. The van der Waals surface area contributed by atoms with Crippen molar-refractivity contribution >= 4 is 103 Å². The molecule has 0 saturated carbocycles. The van der Waals surface area contributed by atoms with Crippen LogP contribution in [0.5, 0.6) is 0 Å². The van der Waals surface area contributed by atoms with Crippen molar-refractivity contribution in [2.75, 3.05) is 34.5 Å². The molecule has 0 aliphatic carbocycles. The molecule has 7 rings (SSSR count). The molecule has 0 saturated heterocycles. The average Bonchev–Trinajstić information content (AvgIpc) is 1.53. The van der Waals surface area contributed by atoms with Gasteiger partial charge in [-0.15, -0.1) is 0 Å². The molecular weight excluding hydrogens is 1330 g/mol. The van der Waals surface area contributed by atoms with E-state index < -0.39 is 88.4 Å². The largest absolute Gasteiger partial charge is 0.324 e. The van der Waals surface area contributed by atoms with E-state index in [-0.39, 0.29) is 140 Å². The van der Waals surface area contributed by atoms with E-state index in [0.717, 1.165) is 154 Å². The number of H-pyrrole nitrogens is 2. The first-order valence-electron chi connectivity index (χ1n) is 36.5. The van der Waals surface area contributed by atoms with Gasteiger partial charge in [-0.05, 0) is 74.9 Å². The van der Waals surface area contributed by atoms with Crippen LogP contribution in [-0.4, -0.2) is 115 Å². The van der Waals surface area contributed by atoms with Crippen LogP contribution in [0.4, 0.5) is 0 Å². The van der Waals surface area contributed by atoms with E-state index in [4.69, 9.17) is 19.9 Å². The molecule has 0 atom stereocenters. The molecule has 0 amide bonds. The predicted octanol–water partition coefficient (Wildman–Crippen LogP) is 18.1. The fourth-order valence-electron chi connectivity index (χ4n) is 12.9. The van der Waals surface area contributed by atoms with Gasteiger partial charge in [-0.3, -0.25) is 0 Å². The van der Waals surface area contributed by atoms with E-state index in [1.807, 2.05) is 0 Å². The molecule has 24 heteroatoms.